The lowest BCUT2D eigenvalue weighted by molar-refractivity contribution is 0.204. The molecule has 0 fully saturated rings. The van der Waals surface area contributed by atoms with Crippen LogP contribution in [0.5, 0.6) is 5.75 Å². The number of nitrogens with zero attached hydrogens (tertiary/aromatic N) is 1. The van der Waals surface area contributed by atoms with Crippen molar-refractivity contribution in [2.75, 3.05) is 4.90 Å². The Morgan fingerprint density at radius 2 is 1.10 bits per heavy atom. The van der Waals surface area contributed by atoms with Crippen molar-refractivity contribution >= 4 is 39.0 Å². The fraction of sp³-hybridized carbons (Fsp3) is 0.0833. The highest BCUT2D eigenvalue weighted by molar-refractivity contribution is 6.06. The molecule has 1 aliphatic carbocycles. The lowest BCUT2D eigenvalue weighted by atomic mass is 9.87. The summed E-state index contributed by atoms with van der Waals surface area (Å²) in [5, 5.41) is 2.26. The van der Waals surface area contributed by atoms with Crippen LogP contribution in [0.1, 0.15) is 24.3 Å². The summed E-state index contributed by atoms with van der Waals surface area (Å²) in [5.74, 6) is 1.36. The van der Waals surface area contributed by atoms with E-state index in [0.29, 0.717) is 5.92 Å². The Morgan fingerprint density at radius 1 is 0.471 bits per heavy atom. The molecule has 0 saturated heterocycles. The highest BCUT2D eigenvalue weighted by atomic mass is 16.5. The van der Waals surface area contributed by atoms with E-state index in [4.69, 9.17) is 9.15 Å². The SMILES string of the molecule is C1=CC2c3cc(-c4cccc(N(c5ccc(-c6ccccc6)cc5)c5cccc(-c6ccc7oc8ccccc8c7c6)c5)c4)ccc3OC2CC1. The Labute approximate surface area is 297 Å². The maximum absolute atomic E-state index is 6.34. The van der Waals surface area contributed by atoms with Gasteiger partial charge in [0.1, 0.15) is 23.0 Å². The fourth-order valence-corrected chi connectivity index (χ4v) is 7.94. The molecule has 2 heterocycles. The molecule has 2 unspecified atom stereocenters. The van der Waals surface area contributed by atoms with Gasteiger partial charge < -0.3 is 14.1 Å². The van der Waals surface area contributed by atoms with Crippen molar-refractivity contribution < 1.29 is 9.15 Å². The number of anilines is 3. The molecule has 7 aromatic carbocycles. The summed E-state index contributed by atoms with van der Waals surface area (Å²) in [5.41, 5.74) is 13.5. The van der Waals surface area contributed by atoms with Crippen LogP contribution in [0.3, 0.4) is 0 Å². The molecular weight excluding hydrogens is 623 g/mol. The van der Waals surface area contributed by atoms with Crippen molar-refractivity contribution in [3.05, 3.63) is 182 Å². The van der Waals surface area contributed by atoms with Gasteiger partial charge in [-0.15, -0.1) is 0 Å². The van der Waals surface area contributed by atoms with E-state index in [0.717, 1.165) is 68.7 Å². The second-order valence-corrected chi connectivity index (χ2v) is 13.6. The van der Waals surface area contributed by atoms with Crippen LogP contribution in [0.15, 0.2) is 180 Å². The first kappa shape index (κ1) is 29.6. The first-order valence-corrected chi connectivity index (χ1v) is 17.8. The molecule has 51 heavy (non-hydrogen) atoms. The summed E-state index contributed by atoms with van der Waals surface area (Å²) in [6.07, 6.45) is 7.05. The number of hydrogen-bond donors (Lipinski definition) is 0. The standard InChI is InChI=1S/C48H35NO2/c1-2-10-32(11-3-1)33-20-24-38(25-21-33)49(39-14-8-12-34(28-39)36-22-26-47-43(30-36)41-16-4-6-18-45(41)50-47)40-15-9-13-35(29-40)37-23-27-48-44(31-37)42-17-5-7-19-46(42)51-48/h1-6,8-18,20-31,42,46H,7,19H2. The zero-order chi connectivity index (χ0) is 33.7. The number of ether oxygens (including phenoxy) is 1. The molecule has 8 aromatic rings. The number of rotatable bonds is 6. The van der Waals surface area contributed by atoms with Crippen LogP contribution >= 0.6 is 0 Å². The first-order chi connectivity index (χ1) is 25.2. The summed E-state index contributed by atoms with van der Waals surface area (Å²) in [6, 6.07) is 58.7. The molecule has 0 radical (unpaired) electrons. The molecule has 244 valence electrons. The Balaban J connectivity index is 1.07. The number of furan rings is 1. The van der Waals surface area contributed by atoms with Gasteiger partial charge in [0.25, 0.3) is 0 Å². The zero-order valence-electron chi connectivity index (χ0n) is 28.1. The van der Waals surface area contributed by atoms with Crippen LogP contribution in [-0.4, -0.2) is 6.10 Å². The maximum Gasteiger partial charge on any atom is 0.135 e. The number of allylic oxidation sites excluding steroid dienone is 1. The molecule has 0 N–H and O–H groups in total. The van der Waals surface area contributed by atoms with Crippen molar-refractivity contribution in [1.82, 2.24) is 0 Å². The number of fused-ring (bicyclic) bond motifs is 6. The van der Waals surface area contributed by atoms with E-state index in [2.05, 4.69) is 169 Å². The Bertz CT molecular complexity index is 2580. The molecule has 3 heteroatoms. The van der Waals surface area contributed by atoms with Gasteiger partial charge in [0, 0.05) is 39.3 Å². The van der Waals surface area contributed by atoms with Crippen LogP contribution in [-0.2, 0) is 0 Å². The van der Waals surface area contributed by atoms with Gasteiger partial charge in [0.2, 0.25) is 0 Å². The van der Waals surface area contributed by atoms with E-state index in [1.807, 2.05) is 12.1 Å². The molecule has 0 amide bonds. The first-order valence-electron chi connectivity index (χ1n) is 17.8. The summed E-state index contributed by atoms with van der Waals surface area (Å²) in [4.78, 5) is 2.37. The normalized spacial score (nSPS) is 16.2. The summed E-state index contributed by atoms with van der Waals surface area (Å²) >= 11 is 0. The van der Waals surface area contributed by atoms with Crippen LogP contribution in [0.2, 0.25) is 0 Å². The Morgan fingerprint density at radius 3 is 1.90 bits per heavy atom. The average Bonchev–Trinajstić information content (AvgIpc) is 3.77. The van der Waals surface area contributed by atoms with Gasteiger partial charge in [-0.1, -0.05) is 109 Å². The van der Waals surface area contributed by atoms with Gasteiger partial charge in [-0.2, -0.15) is 0 Å². The molecule has 0 bridgehead atoms. The molecular formula is C48H35NO2. The minimum absolute atomic E-state index is 0.251. The highest BCUT2D eigenvalue weighted by Gasteiger charge is 2.34. The molecule has 1 aliphatic heterocycles. The molecule has 3 nitrogen and oxygen atoms in total. The van der Waals surface area contributed by atoms with Crippen LogP contribution in [0, 0.1) is 0 Å². The summed E-state index contributed by atoms with van der Waals surface area (Å²) in [7, 11) is 0. The third-order valence-electron chi connectivity index (χ3n) is 10.5. The smallest absolute Gasteiger partial charge is 0.135 e. The second-order valence-electron chi connectivity index (χ2n) is 13.6. The lowest BCUT2D eigenvalue weighted by Gasteiger charge is -2.27. The molecule has 10 rings (SSSR count). The fourth-order valence-electron chi connectivity index (χ4n) is 7.94. The maximum atomic E-state index is 6.34. The predicted octanol–water partition coefficient (Wildman–Crippen LogP) is 13.3. The topological polar surface area (TPSA) is 25.6 Å². The third-order valence-corrected chi connectivity index (χ3v) is 10.5. The summed E-state index contributed by atoms with van der Waals surface area (Å²) in [6.45, 7) is 0. The van der Waals surface area contributed by atoms with Gasteiger partial charge in [0.05, 0.1) is 0 Å². The van der Waals surface area contributed by atoms with E-state index in [1.54, 1.807) is 0 Å². The minimum atomic E-state index is 0.251. The van der Waals surface area contributed by atoms with E-state index >= 15 is 0 Å². The largest absolute Gasteiger partial charge is 0.489 e. The quantitative estimate of drug-likeness (QED) is 0.166. The second kappa shape index (κ2) is 12.2. The van der Waals surface area contributed by atoms with Gasteiger partial charge >= 0.3 is 0 Å². The van der Waals surface area contributed by atoms with Gasteiger partial charge in [-0.25, -0.2) is 0 Å². The van der Waals surface area contributed by atoms with E-state index < -0.39 is 0 Å². The minimum Gasteiger partial charge on any atom is -0.489 e. The molecule has 2 aliphatic rings. The monoisotopic (exact) mass is 657 g/mol. The Kier molecular flexibility index (Phi) is 7.09. The van der Waals surface area contributed by atoms with Gasteiger partial charge in [-0.3, -0.25) is 0 Å². The molecule has 2 atom stereocenters. The average molecular weight is 658 g/mol. The van der Waals surface area contributed by atoms with Crippen LogP contribution in [0.25, 0.3) is 55.3 Å². The number of para-hydroxylation sites is 1. The number of benzene rings is 7. The van der Waals surface area contributed by atoms with Crippen molar-refractivity contribution in [1.29, 1.82) is 0 Å². The molecule has 0 spiro atoms. The highest BCUT2D eigenvalue weighted by Crippen LogP contribution is 2.45. The zero-order valence-corrected chi connectivity index (χ0v) is 28.1. The van der Waals surface area contributed by atoms with Gasteiger partial charge in [-0.05, 0) is 113 Å². The lowest BCUT2D eigenvalue weighted by Crippen LogP contribution is -2.19. The van der Waals surface area contributed by atoms with Crippen molar-refractivity contribution in [3.63, 3.8) is 0 Å². The van der Waals surface area contributed by atoms with Gasteiger partial charge in [0.15, 0.2) is 0 Å². The van der Waals surface area contributed by atoms with E-state index in [1.165, 1.54) is 27.8 Å². The Hall–Kier alpha value is -6.32. The van der Waals surface area contributed by atoms with Crippen LogP contribution in [0.4, 0.5) is 17.1 Å². The third kappa shape index (κ3) is 5.30. The molecule has 0 saturated carbocycles. The van der Waals surface area contributed by atoms with Crippen molar-refractivity contribution in [3.8, 4) is 39.1 Å². The number of hydrogen-bond acceptors (Lipinski definition) is 3. The predicted molar refractivity (Wildman–Crippen MR) is 210 cm³/mol. The van der Waals surface area contributed by atoms with Crippen molar-refractivity contribution in [2.45, 2.75) is 24.9 Å². The van der Waals surface area contributed by atoms with E-state index in [9.17, 15) is 0 Å². The summed E-state index contributed by atoms with van der Waals surface area (Å²) < 4.78 is 12.5. The van der Waals surface area contributed by atoms with E-state index in [-0.39, 0.29) is 6.10 Å². The van der Waals surface area contributed by atoms with Crippen molar-refractivity contribution in [2.24, 2.45) is 0 Å². The van der Waals surface area contributed by atoms with Crippen LogP contribution < -0.4 is 9.64 Å². The molecule has 1 aromatic heterocycles.